The molecule has 2 amide bonds. The van der Waals surface area contributed by atoms with E-state index in [1.54, 1.807) is 28.8 Å². The molecule has 178 valence electrons. The minimum atomic E-state index is -0.708. The number of carbonyl (C=O) groups excluding carboxylic acids is 3. The molecule has 3 aliphatic rings. The molecule has 32 heavy (non-hydrogen) atoms. The maximum Gasteiger partial charge on any atom is 0.310 e. The van der Waals surface area contributed by atoms with E-state index < -0.39 is 28.2 Å². The lowest BCUT2D eigenvalue weighted by Gasteiger charge is -2.42. The third-order valence-electron chi connectivity index (χ3n) is 6.83. The van der Waals surface area contributed by atoms with Gasteiger partial charge in [-0.3, -0.25) is 14.4 Å². The van der Waals surface area contributed by atoms with Crippen LogP contribution in [0.5, 0.6) is 0 Å². The molecular weight excluding hydrogens is 428 g/mol. The molecule has 3 aliphatic heterocycles. The molecule has 1 spiro atoms. The van der Waals surface area contributed by atoms with Crippen molar-refractivity contribution in [1.29, 1.82) is 0 Å². The van der Waals surface area contributed by atoms with Crippen LogP contribution in [-0.4, -0.2) is 80.6 Å². The van der Waals surface area contributed by atoms with Crippen LogP contribution in [0.3, 0.4) is 0 Å². The molecule has 3 rings (SSSR count). The van der Waals surface area contributed by atoms with Gasteiger partial charge in [0.05, 0.1) is 29.8 Å². The Labute approximate surface area is 195 Å². The number of amides is 2. The first kappa shape index (κ1) is 24.8. The number of nitrogens with zero attached hydrogens (tertiary/aromatic N) is 2. The monoisotopic (exact) mass is 464 g/mol. The number of unbranched alkanes of at least 4 members (excludes halogenated alkanes) is 1. The standard InChI is InChI=1S/C24H36N2O5S/c1-6-8-9-15-31-22(30)17-16-10-11-24(32-16)18(17)20(28)25(13-14-27)19(24)21(29)26(12-7-2)23(3,4)5/h6-7,16-19,27H,1-2,8-15H2,3-5H3/t16-,17+,18-,19?,24?/m0/s1. The number of likely N-dealkylation sites (tertiary alicyclic amines) is 1. The molecule has 0 aliphatic carbocycles. The van der Waals surface area contributed by atoms with Crippen LogP contribution in [0.1, 0.15) is 46.5 Å². The van der Waals surface area contributed by atoms with Gasteiger partial charge in [0.1, 0.15) is 6.04 Å². The molecule has 7 nitrogen and oxygen atoms in total. The van der Waals surface area contributed by atoms with E-state index in [0.717, 1.165) is 12.8 Å². The van der Waals surface area contributed by atoms with E-state index in [4.69, 9.17) is 4.74 Å². The zero-order chi connectivity index (χ0) is 23.7. The van der Waals surface area contributed by atoms with Crippen LogP contribution in [0.25, 0.3) is 0 Å². The van der Waals surface area contributed by atoms with Crippen LogP contribution >= 0.6 is 11.8 Å². The zero-order valence-corrected chi connectivity index (χ0v) is 20.2. The number of fused-ring (bicyclic) bond motifs is 1. The molecule has 0 aromatic carbocycles. The molecule has 1 N–H and O–H groups in total. The molecule has 2 bridgehead atoms. The highest BCUT2D eigenvalue weighted by molar-refractivity contribution is 8.02. The molecule has 3 fully saturated rings. The van der Waals surface area contributed by atoms with Crippen molar-refractivity contribution < 1.29 is 24.2 Å². The lowest BCUT2D eigenvalue weighted by Crippen LogP contribution is -2.59. The van der Waals surface area contributed by atoms with Crippen LogP contribution in [-0.2, 0) is 19.1 Å². The predicted molar refractivity (Wildman–Crippen MR) is 125 cm³/mol. The maximum absolute atomic E-state index is 13.9. The number of allylic oxidation sites excluding steroid dienone is 1. The number of aliphatic hydroxyl groups excluding tert-OH is 1. The number of hydrogen-bond donors (Lipinski definition) is 1. The Morgan fingerprint density at radius 2 is 2.06 bits per heavy atom. The van der Waals surface area contributed by atoms with Gasteiger partial charge in [-0.2, -0.15) is 0 Å². The van der Waals surface area contributed by atoms with Crippen molar-refractivity contribution in [3.05, 3.63) is 25.3 Å². The normalized spacial score (nSPS) is 30.9. The van der Waals surface area contributed by atoms with E-state index in [-0.39, 0.29) is 36.2 Å². The average Bonchev–Trinajstić information content (AvgIpc) is 3.36. The number of hydrogen-bond acceptors (Lipinski definition) is 6. The topological polar surface area (TPSA) is 87.2 Å². The first-order valence-corrected chi connectivity index (χ1v) is 12.3. The van der Waals surface area contributed by atoms with E-state index in [1.165, 1.54) is 4.90 Å². The van der Waals surface area contributed by atoms with Crippen molar-refractivity contribution in [2.24, 2.45) is 11.8 Å². The lowest BCUT2D eigenvalue weighted by molar-refractivity contribution is -0.154. The smallest absolute Gasteiger partial charge is 0.310 e. The first-order valence-electron chi connectivity index (χ1n) is 11.4. The van der Waals surface area contributed by atoms with Gasteiger partial charge < -0.3 is 19.6 Å². The molecule has 5 atom stereocenters. The van der Waals surface area contributed by atoms with Crippen LogP contribution in [0, 0.1) is 11.8 Å². The Balaban J connectivity index is 1.94. The Kier molecular flexibility index (Phi) is 7.44. The van der Waals surface area contributed by atoms with Crippen molar-refractivity contribution in [2.75, 3.05) is 26.3 Å². The highest BCUT2D eigenvalue weighted by Gasteiger charge is 2.74. The van der Waals surface area contributed by atoms with Crippen molar-refractivity contribution in [3.8, 4) is 0 Å². The third kappa shape index (κ3) is 4.12. The number of carbonyl (C=O) groups is 3. The number of rotatable bonds is 10. The number of thioether (sulfide) groups is 1. The van der Waals surface area contributed by atoms with Crippen LogP contribution in [0.4, 0.5) is 0 Å². The van der Waals surface area contributed by atoms with Gasteiger partial charge >= 0.3 is 5.97 Å². The van der Waals surface area contributed by atoms with Gasteiger partial charge in [-0.1, -0.05) is 12.2 Å². The Morgan fingerprint density at radius 1 is 1.34 bits per heavy atom. The van der Waals surface area contributed by atoms with Gasteiger partial charge in [0.2, 0.25) is 11.8 Å². The van der Waals surface area contributed by atoms with Gasteiger partial charge in [-0.25, -0.2) is 0 Å². The van der Waals surface area contributed by atoms with Gasteiger partial charge in [-0.15, -0.1) is 24.9 Å². The summed E-state index contributed by atoms with van der Waals surface area (Å²) in [6.07, 6.45) is 6.40. The van der Waals surface area contributed by atoms with E-state index in [0.29, 0.717) is 26.0 Å². The summed E-state index contributed by atoms with van der Waals surface area (Å²) >= 11 is 1.61. The first-order chi connectivity index (χ1) is 15.1. The highest BCUT2D eigenvalue weighted by atomic mass is 32.2. The van der Waals surface area contributed by atoms with Crippen LogP contribution in [0.15, 0.2) is 25.3 Å². The molecule has 8 heteroatoms. The minimum absolute atomic E-state index is 0.0232. The molecule has 0 aromatic heterocycles. The molecular formula is C24H36N2O5S. The minimum Gasteiger partial charge on any atom is -0.465 e. The van der Waals surface area contributed by atoms with Crippen molar-refractivity contribution in [1.82, 2.24) is 9.80 Å². The summed E-state index contributed by atoms with van der Waals surface area (Å²) in [5.41, 5.74) is -0.460. The van der Waals surface area contributed by atoms with E-state index >= 15 is 0 Å². The Morgan fingerprint density at radius 3 is 2.66 bits per heavy atom. The van der Waals surface area contributed by atoms with E-state index in [9.17, 15) is 19.5 Å². The largest absolute Gasteiger partial charge is 0.465 e. The summed E-state index contributed by atoms with van der Waals surface area (Å²) in [6.45, 7) is 13.8. The van der Waals surface area contributed by atoms with E-state index in [1.807, 2.05) is 20.8 Å². The zero-order valence-electron chi connectivity index (χ0n) is 19.4. The maximum atomic E-state index is 13.9. The van der Waals surface area contributed by atoms with Crippen molar-refractivity contribution in [3.63, 3.8) is 0 Å². The second kappa shape index (κ2) is 9.59. The third-order valence-corrected chi connectivity index (χ3v) is 8.78. The fourth-order valence-electron chi connectivity index (χ4n) is 5.52. The van der Waals surface area contributed by atoms with Gasteiger partial charge in [0.25, 0.3) is 0 Å². The molecule has 2 unspecified atom stereocenters. The summed E-state index contributed by atoms with van der Waals surface area (Å²) < 4.78 is 4.87. The fourth-order valence-corrected chi connectivity index (χ4v) is 7.72. The summed E-state index contributed by atoms with van der Waals surface area (Å²) in [6, 6.07) is -0.708. The SMILES string of the molecule is C=CCCCOC(=O)[C@@H]1[C@@H]2CCC3(S2)C(C(=O)N(CC=C)C(C)(C)C)N(CCO)C(=O)[C@H]13. The summed E-state index contributed by atoms with van der Waals surface area (Å²) in [5.74, 6) is -1.85. The predicted octanol–water partition coefficient (Wildman–Crippen LogP) is 2.39. The summed E-state index contributed by atoms with van der Waals surface area (Å²) in [4.78, 5) is 43.8. The van der Waals surface area contributed by atoms with Crippen LogP contribution in [0.2, 0.25) is 0 Å². The Bertz CT molecular complexity index is 779. The van der Waals surface area contributed by atoms with Crippen molar-refractivity contribution in [2.45, 2.75) is 68.0 Å². The van der Waals surface area contributed by atoms with Crippen molar-refractivity contribution >= 4 is 29.5 Å². The van der Waals surface area contributed by atoms with Gasteiger partial charge in [-0.05, 0) is 46.5 Å². The number of aliphatic hydroxyl groups is 1. The lowest BCUT2D eigenvalue weighted by atomic mass is 9.71. The number of esters is 1. The second-order valence-corrected chi connectivity index (χ2v) is 11.4. The fraction of sp³-hybridized carbons (Fsp3) is 0.708. The summed E-state index contributed by atoms with van der Waals surface area (Å²) in [5, 5.41) is 9.65. The molecule has 0 saturated carbocycles. The quantitative estimate of drug-likeness (QED) is 0.304. The average molecular weight is 465 g/mol. The summed E-state index contributed by atoms with van der Waals surface area (Å²) in [7, 11) is 0. The molecule has 0 aromatic rings. The number of β-amino-alcohol motifs (C(OH)–C–C–N with tert-alkyl or cyclic N) is 1. The molecule has 3 saturated heterocycles. The Hall–Kier alpha value is -1.80. The van der Waals surface area contributed by atoms with Gasteiger partial charge in [0.15, 0.2) is 0 Å². The highest BCUT2D eigenvalue weighted by Crippen LogP contribution is 2.66. The van der Waals surface area contributed by atoms with E-state index in [2.05, 4.69) is 13.2 Å². The molecule has 0 radical (unpaired) electrons. The number of ether oxygens (including phenoxy) is 1. The van der Waals surface area contributed by atoms with Crippen LogP contribution < -0.4 is 0 Å². The second-order valence-electron chi connectivity index (χ2n) is 9.82. The molecule has 3 heterocycles. The van der Waals surface area contributed by atoms with Gasteiger partial charge in [0, 0.05) is 23.9 Å².